The summed E-state index contributed by atoms with van der Waals surface area (Å²) in [6.45, 7) is 0.378. The predicted octanol–water partition coefficient (Wildman–Crippen LogP) is 1.25. The lowest BCUT2D eigenvalue weighted by Gasteiger charge is -2.23. The molecule has 1 heterocycles. The van der Waals surface area contributed by atoms with Crippen molar-refractivity contribution in [2.75, 3.05) is 25.4 Å². The fraction of sp³-hybridized carbons (Fsp3) is 0.250. The minimum absolute atomic E-state index is 0.233. The van der Waals surface area contributed by atoms with E-state index in [1.54, 1.807) is 42.7 Å². The molecule has 0 spiro atoms. The van der Waals surface area contributed by atoms with Crippen LogP contribution in [0.4, 0.5) is 5.69 Å². The SMILES string of the molecule is CN(C)S(=O)(=O)N(C)c1ccc(C(=O)NCc2cccnc2)cc1. The molecule has 7 nitrogen and oxygen atoms in total. The van der Waals surface area contributed by atoms with Gasteiger partial charge in [-0.25, -0.2) is 0 Å². The molecular formula is C16H20N4O3S. The first kappa shape index (κ1) is 17.9. The number of amides is 1. The number of carbonyl (C=O) groups is 1. The third kappa shape index (κ3) is 4.09. The smallest absolute Gasteiger partial charge is 0.303 e. The number of nitrogens with zero attached hydrogens (tertiary/aromatic N) is 3. The van der Waals surface area contributed by atoms with E-state index in [9.17, 15) is 13.2 Å². The monoisotopic (exact) mass is 348 g/mol. The Balaban J connectivity index is 2.05. The zero-order chi connectivity index (χ0) is 17.7. The van der Waals surface area contributed by atoms with Gasteiger partial charge in [0.05, 0.1) is 5.69 Å². The molecule has 0 saturated carbocycles. The maximum absolute atomic E-state index is 12.1. The van der Waals surface area contributed by atoms with Crippen molar-refractivity contribution in [3.63, 3.8) is 0 Å². The molecule has 0 atom stereocenters. The van der Waals surface area contributed by atoms with Gasteiger partial charge in [0.25, 0.3) is 5.91 Å². The van der Waals surface area contributed by atoms with Crippen LogP contribution in [-0.4, -0.2) is 44.8 Å². The Kier molecular flexibility index (Phi) is 5.53. The number of hydrogen-bond donors (Lipinski definition) is 1. The van der Waals surface area contributed by atoms with Gasteiger partial charge in [0.15, 0.2) is 0 Å². The highest BCUT2D eigenvalue weighted by Gasteiger charge is 2.20. The zero-order valence-electron chi connectivity index (χ0n) is 13.8. The van der Waals surface area contributed by atoms with E-state index >= 15 is 0 Å². The van der Waals surface area contributed by atoms with Crippen LogP contribution in [0, 0.1) is 0 Å². The maximum Gasteiger partial charge on any atom is 0.303 e. The highest BCUT2D eigenvalue weighted by molar-refractivity contribution is 7.90. The van der Waals surface area contributed by atoms with Crippen LogP contribution in [-0.2, 0) is 16.8 Å². The largest absolute Gasteiger partial charge is 0.348 e. The number of hydrogen-bond acceptors (Lipinski definition) is 4. The third-order valence-corrected chi connectivity index (χ3v) is 5.30. The van der Waals surface area contributed by atoms with E-state index in [1.807, 2.05) is 6.07 Å². The summed E-state index contributed by atoms with van der Waals surface area (Å²) in [4.78, 5) is 16.1. The molecule has 0 aliphatic carbocycles. The van der Waals surface area contributed by atoms with Gasteiger partial charge in [0.1, 0.15) is 0 Å². The summed E-state index contributed by atoms with van der Waals surface area (Å²) >= 11 is 0. The predicted molar refractivity (Wildman–Crippen MR) is 92.9 cm³/mol. The zero-order valence-corrected chi connectivity index (χ0v) is 14.6. The molecule has 0 fully saturated rings. The average molecular weight is 348 g/mol. The molecule has 1 aromatic carbocycles. The summed E-state index contributed by atoms with van der Waals surface area (Å²) in [5, 5.41) is 2.79. The number of anilines is 1. The van der Waals surface area contributed by atoms with E-state index in [4.69, 9.17) is 0 Å². The number of nitrogens with one attached hydrogen (secondary N) is 1. The van der Waals surface area contributed by atoms with Gasteiger partial charge >= 0.3 is 10.2 Å². The Morgan fingerprint density at radius 2 is 1.79 bits per heavy atom. The molecule has 0 saturated heterocycles. The van der Waals surface area contributed by atoms with Gasteiger partial charge in [-0.1, -0.05) is 6.07 Å². The second kappa shape index (κ2) is 7.41. The number of aromatic nitrogens is 1. The molecule has 1 aromatic heterocycles. The highest BCUT2D eigenvalue weighted by atomic mass is 32.2. The Hall–Kier alpha value is -2.45. The minimum Gasteiger partial charge on any atom is -0.348 e. The lowest BCUT2D eigenvalue weighted by atomic mass is 10.2. The van der Waals surface area contributed by atoms with Crippen molar-refractivity contribution in [1.82, 2.24) is 14.6 Å². The van der Waals surface area contributed by atoms with Crippen molar-refractivity contribution in [2.45, 2.75) is 6.54 Å². The van der Waals surface area contributed by atoms with Crippen LogP contribution in [0.3, 0.4) is 0 Å². The standard InChI is InChI=1S/C16H20N4O3S/c1-19(2)24(22,23)20(3)15-8-6-14(7-9-15)16(21)18-12-13-5-4-10-17-11-13/h4-11H,12H2,1-3H3,(H,18,21). The molecule has 8 heteroatoms. The summed E-state index contributed by atoms with van der Waals surface area (Å²) in [5.74, 6) is -0.233. The van der Waals surface area contributed by atoms with Gasteiger partial charge in [0, 0.05) is 45.6 Å². The van der Waals surface area contributed by atoms with Crippen molar-refractivity contribution >= 4 is 21.8 Å². The van der Waals surface area contributed by atoms with Crippen molar-refractivity contribution < 1.29 is 13.2 Å². The van der Waals surface area contributed by atoms with E-state index < -0.39 is 10.2 Å². The summed E-state index contributed by atoms with van der Waals surface area (Å²) in [5.41, 5.74) is 1.84. The minimum atomic E-state index is -3.55. The fourth-order valence-electron chi connectivity index (χ4n) is 1.99. The topological polar surface area (TPSA) is 82.6 Å². The highest BCUT2D eigenvalue weighted by Crippen LogP contribution is 2.18. The molecule has 1 N–H and O–H groups in total. The molecule has 24 heavy (non-hydrogen) atoms. The number of carbonyl (C=O) groups excluding carboxylic acids is 1. The summed E-state index contributed by atoms with van der Waals surface area (Å²) in [6, 6.07) is 10.1. The van der Waals surface area contributed by atoms with E-state index in [-0.39, 0.29) is 5.91 Å². The molecule has 1 amide bonds. The molecule has 0 aliphatic heterocycles. The van der Waals surface area contributed by atoms with Crippen LogP contribution in [0.5, 0.6) is 0 Å². The first-order valence-electron chi connectivity index (χ1n) is 7.26. The molecule has 0 aliphatic rings. The van der Waals surface area contributed by atoms with Crippen molar-refractivity contribution in [3.05, 3.63) is 59.9 Å². The van der Waals surface area contributed by atoms with Crippen LogP contribution in [0.15, 0.2) is 48.8 Å². The average Bonchev–Trinajstić information content (AvgIpc) is 2.60. The van der Waals surface area contributed by atoms with E-state index in [2.05, 4.69) is 10.3 Å². The van der Waals surface area contributed by atoms with Gasteiger partial charge in [-0.3, -0.25) is 14.1 Å². The van der Waals surface area contributed by atoms with Gasteiger partial charge in [-0.2, -0.15) is 12.7 Å². The molecule has 2 rings (SSSR count). The van der Waals surface area contributed by atoms with E-state index in [0.29, 0.717) is 17.8 Å². The lowest BCUT2D eigenvalue weighted by Crippen LogP contribution is -2.37. The van der Waals surface area contributed by atoms with Crippen molar-refractivity contribution in [1.29, 1.82) is 0 Å². The number of rotatable bonds is 6. The Bertz CT molecular complexity index is 790. The summed E-state index contributed by atoms with van der Waals surface area (Å²) in [7, 11) is 0.844. The van der Waals surface area contributed by atoms with Gasteiger partial charge < -0.3 is 5.32 Å². The molecule has 128 valence electrons. The van der Waals surface area contributed by atoms with Gasteiger partial charge in [-0.05, 0) is 35.9 Å². The van der Waals surface area contributed by atoms with Crippen LogP contribution in [0.2, 0.25) is 0 Å². The van der Waals surface area contributed by atoms with Crippen LogP contribution in [0.25, 0.3) is 0 Å². The molecule has 0 radical (unpaired) electrons. The Labute approximate surface area is 142 Å². The van der Waals surface area contributed by atoms with Crippen LogP contribution < -0.4 is 9.62 Å². The first-order valence-corrected chi connectivity index (χ1v) is 8.65. The molecule has 0 unspecified atom stereocenters. The van der Waals surface area contributed by atoms with Gasteiger partial charge in [0.2, 0.25) is 0 Å². The second-order valence-corrected chi connectivity index (χ2v) is 7.52. The van der Waals surface area contributed by atoms with E-state index in [0.717, 1.165) is 14.2 Å². The lowest BCUT2D eigenvalue weighted by molar-refractivity contribution is 0.0951. The van der Waals surface area contributed by atoms with Crippen molar-refractivity contribution in [2.24, 2.45) is 0 Å². The first-order chi connectivity index (χ1) is 11.3. The van der Waals surface area contributed by atoms with Gasteiger partial charge in [-0.15, -0.1) is 0 Å². The number of benzene rings is 1. The van der Waals surface area contributed by atoms with Crippen molar-refractivity contribution in [3.8, 4) is 0 Å². The fourth-order valence-corrected chi connectivity index (χ4v) is 2.87. The number of pyridine rings is 1. The second-order valence-electron chi connectivity index (χ2n) is 5.35. The van der Waals surface area contributed by atoms with Crippen LogP contribution >= 0.6 is 0 Å². The molecule has 0 bridgehead atoms. The maximum atomic E-state index is 12.1. The summed E-state index contributed by atoms with van der Waals surface area (Å²) < 4.78 is 26.4. The summed E-state index contributed by atoms with van der Waals surface area (Å²) in [6.07, 6.45) is 3.35. The molecule has 2 aromatic rings. The quantitative estimate of drug-likeness (QED) is 0.852. The normalized spacial score (nSPS) is 11.3. The molecular weight excluding hydrogens is 328 g/mol. The van der Waals surface area contributed by atoms with Crippen LogP contribution in [0.1, 0.15) is 15.9 Å². The third-order valence-electron chi connectivity index (χ3n) is 3.48. The Morgan fingerprint density at radius 3 is 2.33 bits per heavy atom. The van der Waals surface area contributed by atoms with E-state index in [1.165, 1.54) is 21.1 Å². The Morgan fingerprint density at radius 1 is 1.12 bits per heavy atom.